The summed E-state index contributed by atoms with van der Waals surface area (Å²) in [5, 5.41) is 0. The molecule has 1 rings (SSSR count). The van der Waals surface area contributed by atoms with Crippen molar-refractivity contribution >= 4 is 6.29 Å². The number of rotatable bonds is 8. The van der Waals surface area contributed by atoms with E-state index >= 15 is 0 Å². The summed E-state index contributed by atoms with van der Waals surface area (Å²) in [5.41, 5.74) is 1.66. The molecule has 0 saturated heterocycles. The van der Waals surface area contributed by atoms with Crippen LogP contribution in [0.3, 0.4) is 0 Å². The first-order valence-electron chi connectivity index (χ1n) is 7.93. The van der Waals surface area contributed by atoms with Crippen molar-refractivity contribution < 1.29 is 19.0 Å². The van der Waals surface area contributed by atoms with Crippen molar-refractivity contribution in [2.45, 2.75) is 58.3 Å². The van der Waals surface area contributed by atoms with Gasteiger partial charge in [-0.1, -0.05) is 37.1 Å². The highest BCUT2D eigenvalue weighted by Crippen LogP contribution is 2.39. The zero-order chi connectivity index (χ0) is 16.8. The largest absolute Gasteiger partial charge is 0.378 e. The Bertz CT molecular complexity index is 427. The number of ether oxygens (including phenoxy) is 3. The molecule has 0 N–H and O–H groups in total. The highest BCUT2D eigenvalue weighted by molar-refractivity contribution is 5.55. The smallest absolute Gasteiger partial charge is 0.124 e. The van der Waals surface area contributed by atoms with Crippen LogP contribution in [0.5, 0.6) is 0 Å². The van der Waals surface area contributed by atoms with Gasteiger partial charge in [0, 0.05) is 26.6 Å². The minimum absolute atomic E-state index is 0.113. The van der Waals surface area contributed by atoms with Crippen molar-refractivity contribution in [1.82, 2.24) is 0 Å². The Kier molecular flexibility index (Phi) is 7.46. The van der Waals surface area contributed by atoms with Crippen LogP contribution in [0.1, 0.15) is 40.5 Å². The van der Waals surface area contributed by atoms with Gasteiger partial charge in [0.05, 0.1) is 12.7 Å². The Labute approximate surface area is 134 Å². The summed E-state index contributed by atoms with van der Waals surface area (Å²) in [4.78, 5) is 10.9. The van der Waals surface area contributed by atoms with Crippen LogP contribution >= 0.6 is 0 Å². The zero-order valence-electron chi connectivity index (χ0n) is 14.7. The third kappa shape index (κ3) is 4.06. The van der Waals surface area contributed by atoms with E-state index in [1.54, 1.807) is 14.2 Å². The van der Waals surface area contributed by atoms with Crippen LogP contribution in [-0.2, 0) is 19.0 Å². The summed E-state index contributed by atoms with van der Waals surface area (Å²) in [6.45, 7) is 8.83. The third-order valence-corrected chi connectivity index (χ3v) is 4.52. The number of hydrogen-bond acceptors (Lipinski definition) is 4. The van der Waals surface area contributed by atoms with E-state index in [0.29, 0.717) is 13.0 Å². The number of hydrogen-bond donors (Lipinski definition) is 0. The van der Waals surface area contributed by atoms with Gasteiger partial charge in [0.25, 0.3) is 0 Å². The van der Waals surface area contributed by atoms with Gasteiger partial charge in [-0.05, 0) is 20.3 Å². The lowest BCUT2D eigenvalue weighted by molar-refractivity contribution is -0.186. The van der Waals surface area contributed by atoms with Gasteiger partial charge in [-0.15, -0.1) is 0 Å². The second kappa shape index (κ2) is 8.61. The second-order valence-electron chi connectivity index (χ2n) is 6.14. The van der Waals surface area contributed by atoms with Gasteiger partial charge in [-0.2, -0.15) is 0 Å². The van der Waals surface area contributed by atoms with Crippen LogP contribution in [-0.4, -0.2) is 44.9 Å². The lowest BCUT2D eigenvalue weighted by Gasteiger charge is -2.47. The van der Waals surface area contributed by atoms with Crippen molar-refractivity contribution in [3.63, 3.8) is 0 Å². The lowest BCUT2D eigenvalue weighted by atomic mass is 9.74. The molecular weight excluding hydrogens is 280 g/mol. The van der Waals surface area contributed by atoms with E-state index in [9.17, 15) is 4.79 Å². The van der Waals surface area contributed by atoms with Gasteiger partial charge >= 0.3 is 0 Å². The maximum atomic E-state index is 10.9. The van der Waals surface area contributed by atoms with E-state index < -0.39 is 5.60 Å². The van der Waals surface area contributed by atoms with Crippen molar-refractivity contribution in [2.24, 2.45) is 5.92 Å². The topological polar surface area (TPSA) is 44.8 Å². The monoisotopic (exact) mass is 310 g/mol. The number of carbonyl (C=O) groups is 1. The highest BCUT2D eigenvalue weighted by Gasteiger charge is 2.49. The second-order valence-corrected chi connectivity index (χ2v) is 6.14. The van der Waals surface area contributed by atoms with Gasteiger partial charge in [0.15, 0.2) is 0 Å². The maximum Gasteiger partial charge on any atom is 0.124 e. The van der Waals surface area contributed by atoms with E-state index in [2.05, 4.69) is 26.8 Å². The predicted molar refractivity (Wildman–Crippen MR) is 87.9 cm³/mol. The van der Waals surface area contributed by atoms with Crippen molar-refractivity contribution in [1.29, 1.82) is 0 Å². The Morgan fingerprint density at radius 1 is 1.36 bits per heavy atom. The summed E-state index contributed by atoms with van der Waals surface area (Å²) in [5.74, 6) is 0.113. The van der Waals surface area contributed by atoms with Crippen LogP contribution in [0.2, 0.25) is 0 Å². The molecule has 4 heteroatoms. The van der Waals surface area contributed by atoms with Crippen LogP contribution in [0.4, 0.5) is 0 Å². The number of methoxy groups -OCH3 is 2. The lowest BCUT2D eigenvalue weighted by Crippen LogP contribution is -2.58. The van der Waals surface area contributed by atoms with Gasteiger partial charge in [0.2, 0.25) is 0 Å². The Balaban J connectivity index is 3.06. The van der Waals surface area contributed by atoms with E-state index in [4.69, 9.17) is 14.2 Å². The van der Waals surface area contributed by atoms with Crippen LogP contribution < -0.4 is 0 Å². The van der Waals surface area contributed by atoms with Gasteiger partial charge < -0.3 is 19.0 Å². The molecule has 1 unspecified atom stereocenters. The van der Waals surface area contributed by atoms with E-state index in [0.717, 1.165) is 18.3 Å². The summed E-state index contributed by atoms with van der Waals surface area (Å²) in [6.07, 6.45) is 6.11. The van der Waals surface area contributed by atoms with Gasteiger partial charge in [0.1, 0.15) is 18.0 Å². The average Bonchev–Trinajstić information content (AvgIpc) is 2.49. The molecule has 22 heavy (non-hydrogen) atoms. The van der Waals surface area contributed by atoms with Crippen LogP contribution in [0.15, 0.2) is 23.3 Å². The maximum absolute atomic E-state index is 10.9. The van der Waals surface area contributed by atoms with Gasteiger partial charge in [-0.25, -0.2) is 0 Å². The molecule has 0 aliphatic heterocycles. The highest BCUT2D eigenvalue weighted by atomic mass is 16.6. The summed E-state index contributed by atoms with van der Waals surface area (Å²) < 4.78 is 17.6. The van der Waals surface area contributed by atoms with Crippen molar-refractivity contribution in [3.8, 4) is 0 Å². The third-order valence-electron chi connectivity index (χ3n) is 4.52. The summed E-state index contributed by atoms with van der Waals surface area (Å²) >= 11 is 0. The fourth-order valence-corrected chi connectivity index (χ4v) is 3.30. The number of carbonyl (C=O) groups excluding carboxylic acids is 1. The van der Waals surface area contributed by atoms with Crippen LogP contribution in [0, 0.1) is 5.92 Å². The molecule has 1 aliphatic carbocycles. The molecule has 0 fully saturated rings. The molecule has 126 valence electrons. The SMILES string of the molecule is CC/C=C(\C)CO[C@@]1(C)C(OC)C=C(CC=O)[C@@H](C)[C@@H]1OC. The quantitative estimate of drug-likeness (QED) is 0.509. The number of aldehydes is 1. The first-order valence-corrected chi connectivity index (χ1v) is 7.93. The molecule has 0 heterocycles. The first-order chi connectivity index (χ1) is 10.4. The average molecular weight is 310 g/mol. The van der Waals surface area contributed by atoms with Crippen molar-refractivity contribution in [2.75, 3.05) is 20.8 Å². The fraction of sp³-hybridized carbons (Fsp3) is 0.722. The molecule has 1 aliphatic rings. The molecule has 0 aromatic heterocycles. The molecule has 0 radical (unpaired) electrons. The Morgan fingerprint density at radius 3 is 2.55 bits per heavy atom. The van der Waals surface area contributed by atoms with Gasteiger partial charge in [-0.3, -0.25) is 0 Å². The fourth-order valence-electron chi connectivity index (χ4n) is 3.30. The molecule has 0 spiro atoms. The molecule has 0 amide bonds. The van der Waals surface area contributed by atoms with Crippen LogP contribution in [0.25, 0.3) is 0 Å². The number of allylic oxidation sites excluding steroid dienone is 1. The normalized spacial score (nSPS) is 32.7. The van der Waals surface area contributed by atoms with E-state index in [1.807, 2.05) is 13.0 Å². The molecule has 4 atom stereocenters. The Morgan fingerprint density at radius 2 is 2.05 bits per heavy atom. The minimum Gasteiger partial charge on any atom is -0.378 e. The molecular formula is C18H30O4. The molecule has 4 nitrogen and oxygen atoms in total. The Hall–Kier alpha value is -0.970. The van der Waals surface area contributed by atoms with Crippen molar-refractivity contribution in [3.05, 3.63) is 23.3 Å². The standard InChI is InChI=1S/C18H30O4/c1-7-8-13(2)12-22-18(4)16(20-5)11-15(9-10-19)14(3)17(18)21-6/h8,10-11,14,16-17H,7,9,12H2,1-6H3/b13-8+/t14-,16?,17+,18+/m1/s1. The summed E-state index contributed by atoms with van der Waals surface area (Å²) in [7, 11) is 3.35. The first kappa shape index (κ1) is 19.1. The molecule has 0 bridgehead atoms. The predicted octanol–water partition coefficient (Wildman–Crippen LogP) is 3.31. The zero-order valence-corrected chi connectivity index (χ0v) is 14.7. The molecule has 0 aromatic carbocycles. The van der Waals surface area contributed by atoms with E-state index in [-0.39, 0.29) is 18.1 Å². The molecule has 0 aromatic rings. The minimum atomic E-state index is -0.585. The van der Waals surface area contributed by atoms with E-state index in [1.165, 1.54) is 5.57 Å². The summed E-state index contributed by atoms with van der Waals surface area (Å²) in [6, 6.07) is 0. The molecule has 0 saturated carbocycles.